The van der Waals surface area contributed by atoms with E-state index < -0.39 is 5.97 Å². The third-order valence-electron chi connectivity index (χ3n) is 4.18. The molecule has 1 aliphatic heterocycles. The maximum absolute atomic E-state index is 11.0. The number of hydrogen-bond donors (Lipinski definition) is 2. The monoisotopic (exact) mass is 276 g/mol. The van der Waals surface area contributed by atoms with Gasteiger partial charge in [0.2, 0.25) is 0 Å². The zero-order valence-corrected chi connectivity index (χ0v) is 12.1. The van der Waals surface area contributed by atoms with Crippen LogP contribution in [0.1, 0.15) is 49.4 Å². The van der Waals surface area contributed by atoms with Crippen LogP contribution in [0.2, 0.25) is 0 Å². The van der Waals surface area contributed by atoms with Crippen molar-refractivity contribution in [3.63, 3.8) is 0 Å². The molecule has 0 amide bonds. The van der Waals surface area contributed by atoms with E-state index >= 15 is 0 Å². The summed E-state index contributed by atoms with van der Waals surface area (Å²) in [5.74, 6) is -0.131. The van der Waals surface area contributed by atoms with Crippen LogP contribution < -0.4 is 10.6 Å². The largest absolute Gasteiger partial charge is 0.478 e. The number of nitrogen functional groups attached to an aromatic ring is 1. The van der Waals surface area contributed by atoms with Gasteiger partial charge >= 0.3 is 5.97 Å². The summed E-state index contributed by atoms with van der Waals surface area (Å²) in [5, 5.41) is 9.01. The van der Waals surface area contributed by atoms with Crippen LogP contribution in [-0.4, -0.2) is 24.2 Å². The topological polar surface area (TPSA) is 66.6 Å². The molecule has 1 atom stereocenters. The standard InChI is InChI=1S/C16H24N2O2/c1-2-4-12-5-3-9-18(10-8-12)13-6-7-14(16(19)20)15(17)11-13/h6-7,11-12H,2-5,8-10,17H2,1H3,(H,19,20). The molecule has 1 saturated heterocycles. The highest BCUT2D eigenvalue weighted by molar-refractivity contribution is 5.94. The Hall–Kier alpha value is -1.71. The van der Waals surface area contributed by atoms with Crippen LogP contribution in [0.4, 0.5) is 11.4 Å². The molecule has 1 heterocycles. The second-order valence-electron chi connectivity index (χ2n) is 5.65. The molecule has 0 bridgehead atoms. The van der Waals surface area contributed by atoms with E-state index in [1.165, 1.54) is 32.1 Å². The molecule has 110 valence electrons. The number of hydrogen-bond acceptors (Lipinski definition) is 3. The highest BCUT2D eigenvalue weighted by Crippen LogP contribution is 2.27. The normalized spacial score (nSPS) is 19.6. The van der Waals surface area contributed by atoms with Crippen LogP contribution in [0.25, 0.3) is 0 Å². The van der Waals surface area contributed by atoms with E-state index in [0.29, 0.717) is 5.69 Å². The lowest BCUT2D eigenvalue weighted by atomic mass is 9.96. The quantitative estimate of drug-likeness (QED) is 0.827. The van der Waals surface area contributed by atoms with Gasteiger partial charge in [-0.1, -0.05) is 19.8 Å². The Bertz CT molecular complexity index is 474. The second-order valence-corrected chi connectivity index (χ2v) is 5.65. The highest BCUT2D eigenvalue weighted by atomic mass is 16.4. The van der Waals surface area contributed by atoms with Gasteiger partial charge in [-0.15, -0.1) is 0 Å². The zero-order valence-electron chi connectivity index (χ0n) is 12.1. The number of nitrogens with zero attached hydrogens (tertiary/aromatic N) is 1. The predicted octanol–water partition coefficient (Wildman–Crippen LogP) is 3.37. The molecule has 0 radical (unpaired) electrons. The molecule has 1 unspecified atom stereocenters. The number of carboxylic acids is 1. The molecule has 4 nitrogen and oxygen atoms in total. The lowest BCUT2D eigenvalue weighted by molar-refractivity contribution is 0.0698. The minimum Gasteiger partial charge on any atom is -0.478 e. The van der Waals surface area contributed by atoms with E-state index in [-0.39, 0.29) is 5.56 Å². The van der Waals surface area contributed by atoms with Crippen molar-refractivity contribution in [2.24, 2.45) is 5.92 Å². The van der Waals surface area contributed by atoms with Crippen molar-refractivity contribution < 1.29 is 9.90 Å². The summed E-state index contributed by atoms with van der Waals surface area (Å²) in [6.07, 6.45) is 6.28. The maximum atomic E-state index is 11.0. The molecule has 2 rings (SSSR count). The minimum absolute atomic E-state index is 0.187. The summed E-state index contributed by atoms with van der Waals surface area (Å²) < 4.78 is 0. The molecule has 1 aromatic carbocycles. The van der Waals surface area contributed by atoms with Crippen LogP contribution in [-0.2, 0) is 0 Å². The number of carbonyl (C=O) groups is 1. The van der Waals surface area contributed by atoms with Gasteiger partial charge in [0.05, 0.1) is 5.56 Å². The third kappa shape index (κ3) is 3.44. The van der Waals surface area contributed by atoms with Crippen molar-refractivity contribution in [1.82, 2.24) is 0 Å². The number of rotatable bonds is 4. The van der Waals surface area contributed by atoms with Crippen LogP contribution in [0.3, 0.4) is 0 Å². The van der Waals surface area contributed by atoms with Crippen molar-refractivity contribution in [3.05, 3.63) is 23.8 Å². The summed E-state index contributed by atoms with van der Waals surface area (Å²) in [7, 11) is 0. The molecule has 0 spiro atoms. The molecule has 1 aliphatic rings. The molecular formula is C16H24N2O2. The fourth-order valence-corrected chi connectivity index (χ4v) is 3.06. The summed E-state index contributed by atoms with van der Waals surface area (Å²) in [6, 6.07) is 5.28. The van der Waals surface area contributed by atoms with Gasteiger partial charge in [0.1, 0.15) is 0 Å². The maximum Gasteiger partial charge on any atom is 0.337 e. The van der Waals surface area contributed by atoms with Crippen LogP contribution in [0, 0.1) is 5.92 Å². The average molecular weight is 276 g/mol. The molecule has 1 fully saturated rings. The van der Waals surface area contributed by atoms with Crippen molar-refractivity contribution in [3.8, 4) is 0 Å². The Balaban J connectivity index is 2.08. The van der Waals surface area contributed by atoms with E-state index in [4.69, 9.17) is 10.8 Å². The van der Waals surface area contributed by atoms with Gasteiger partial charge in [-0.05, 0) is 43.4 Å². The Labute approximate surface area is 120 Å². The van der Waals surface area contributed by atoms with E-state index in [2.05, 4.69) is 11.8 Å². The minimum atomic E-state index is -0.965. The van der Waals surface area contributed by atoms with Crippen molar-refractivity contribution in [2.75, 3.05) is 23.7 Å². The van der Waals surface area contributed by atoms with Gasteiger partial charge in [0.15, 0.2) is 0 Å². The number of carboxylic acid groups (broad SMARTS) is 1. The van der Waals surface area contributed by atoms with Crippen LogP contribution in [0.15, 0.2) is 18.2 Å². The van der Waals surface area contributed by atoms with Gasteiger partial charge < -0.3 is 15.7 Å². The smallest absolute Gasteiger partial charge is 0.337 e. The van der Waals surface area contributed by atoms with E-state index in [9.17, 15) is 4.79 Å². The first-order valence-electron chi connectivity index (χ1n) is 7.49. The molecular weight excluding hydrogens is 252 g/mol. The van der Waals surface area contributed by atoms with Crippen molar-refractivity contribution >= 4 is 17.3 Å². The Morgan fingerprint density at radius 3 is 2.85 bits per heavy atom. The van der Waals surface area contributed by atoms with Crippen molar-refractivity contribution in [1.29, 1.82) is 0 Å². The molecule has 20 heavy (non-hydrogen) atoms. The van der Waals surface area contributed by atoms with E-state index in [1.807, 2.05) is 6.07 Å². The number of aromatic carboxylic acids is 1. The Morgan fingerprint density at radius 1 is 1.40 bits per heavy atom. The van der Waals surface area contributed by atoms with Gasteiger partial charge in [-0.2, -0.15) is 0 Å². The summed E-state index contributed by atoms with van der Waals surface area (Å²) >= 11 is 0. The number of benzene rings is 1. The first-order chi connectivity index (χ1) is 9.61. The second kappa shape index (κ2) is 6.64. The lowest BCUT2D eigenvalue weighted by Gasteiger charge is -2.23. The van der Waals surface area contributed by atoms with Gasteiger partial charge in [0, 0.05) is 24.5 Å². The average Bonchev–Trinajstić information content (AvgIpc) is 2.64. The SMILES string of the molecule is CCCC1CCCN(c2ccc(C(=O)O)c(N)c2)CC1. The Morgan fingerprint density at radius 2 is 2.20 bits per heavy atom. The fourth-order valence-electron chi connectivity index (χ4n) is 3.06. The van der Waals surface area contributed by atoms with Crippen LogP contribution in [0.5, 0.6) is 0 Å². The zero-order chi connectivity index (χ0) is 14.5. The van der Waals surface area contributed by atoms with Gasteiger partial charge in [-0.25, -0.2) is 4.79 Å². The first kappa shape index (κ1) is 14.7. The number of anilines is 2. The molecule has 0 aliphatic carbocycles. The summed E-state index contributed by atoms with van der Waals surface area (Å²) in [5.41, 5.74) is 7.42. The van der Waals surface area contributed by atoms with Gasteiger partial charge in [0.25, 0.3) is 0 Å². The van der Waals surface area contributed by atoms with E-state index in [1.54, 1.807) is 12.1 Å². The Kier molecular flexibility index (Phi) is 4.88. The predicted molar refractivity (Wildman–Crippen MR) is 82.3 cm³/mol. The van der Waals surface area contributed by atoms with Crippen LogP contribution >= 0.6 is 0 Å². The van der Waals surface area contributed by atoms with Crippen molar-refractivity contribution in [2.45, 2.75) is 39.0 Å². The summed E-state index contributed by atoms with van der Waals surface area (Å²) in [4.78, 5) is 13.3. The van der Waals surface area contributed by atoms with E-state index in [0.717, 1.165) is 24.7 Å². The molecule has 4 heteroatoms. The highest BCUT2D eigenvalue weighted by Gasteiger charge is 2.18. The molecule has 1 aromatic rings. The summed E-state index contributed by atoms with van der Waals surface area (Å²) in [6.45, 7) is 4.32. The van der Waals surface area contributed by atoms with Gasteiger partial charge in [-0.3, -0.25) is 0 Å². The molecule has 0 saturated carbocycles. The third-order valence-corrected chi connectivity index (χ3v) is 4.18. The molecule has 3 N–H and O–H groups in total. The number of nitrogens with two attached hydrogens (primary N) is 1. The fraction of sp³-hybridized carbons (Fsp3) is 0.562. The first-order valence-corrected chi connectivity index (χ1v) is 7.49. The molecule has 0 aromatic heterocycles. The lowest BCUT2D eigenvalue weighted by Crippen LogP contribution is -2.24.